The van der Waals surface area contributed by atoms with Crippen LogP contribution in [0, 0.1) is 0 Å². The number of allylic oxidation sites excluding steroid dienone is 1. The summed E-state index contributed by atoms with van der Waals surface area (Å²) in [6.45, 7) is 2.24. The van der Waals surface area contributed by atoms with Gasteiger partial charge in [-0.05, 0) is 12.8 Å². The van der Waals surface area contributed by atoms with E-state index in [4.69, 9.17) is 0 Å². The van der Waals surface area contributed by atoms with Gasteiger partial charge in [-0.25, -0.2) is 8.42 Å². The summed E-state index contributed by atoms with van der Waals surface area (Å²) in [5, 5.41) is 0. The van der Waals surface area contributed by atoms with Gasteiger partial charge < -0.3 is 4.55 Å². The molecule has 0 radical (unpaired) electrons. The van der Waals surface area contributed by atoms with E-state index in [1.54, 1.807) is 0 Å². The first kappa shape index (κ1) is 23.9. The number of hydrogen-bond acceptors (Lipinski definition) is 3. The quantitative estimate of drug-likeness (QED) is 0.212. The van der Waals surface area contributed by atoms with E-state index in [1.807, 2.05) is 6.08 Å². The third-order valence-corrected chi connectivity index (χ3v) is 4.04. The van der Waals surface area contributed by atoms with Gasteiger partial charge in [0, 0.05) is 0 Å². The Hall–Kier alpha value is 0.650. The number of unbranched alkanes of at least 4 members (excludes halogenated alkanes) is 11. The summed E-state index contributed by atoms with van der Waals surface area (Å²) in [6, 6.07) is 0. The molecule has 0 saturated heterocycles. The van der Waals surface area contributed by atoms with Crippen LogP contribution >= 0.6 is 0 Å². The van der Waals surface area contributed by atoms with E-state index in [0.29, 0.717) is 0 Å². The minimum Gasteiger partial charge on any atom is -0.748 e. The fourth-order valence-corrected chi connectivity index (χ4v) is 2.60. The molecule has 120 valence electrons. The average Bonchev–Trinajstić information content (AvgIpc) is 2.38. The van der Waals surface area contributed by atoms with Gasteiger partial charge >= 0.3 is 29.6 Å². The zero-order valence-electron chi connectivity index (χ0n) is 14.0. The Morgan fingerprint density at radius 1 is 0.762 bits per heavy atom. The van der Waals surface area contributed by atoms with Gasteiger partial charge in [0.25, 0.3) is 0 Å². The Bertz CT molecular complexity index is 326. The first-order valence-electron chi connectivity index (χ1n) is 8.15. The van der Waals surface area contributed by atoms with E-state index in [-0.39, 0.29) is 35.3 Å². The monoisotopic (exact) mass is 326 g/mol. The van der Waals surface area contributed by atoms with Crippen LogP contribution in [0.15, 0.2) is 12.2 Å². The largest absolute Gasteiger partial charge is 1.00 e. The second-order valence-electron chi connectivity index (χ2n) is 5.52. The van der Waals surface area contributed by atoms with Crippen LogP contribution in [-0.4, -0.2) is 18.7 Å². The van der Waals surface area contributed by atoms with E-state index in [9.17, 15) is 13.0 Å². The molecule has 0 aromatic heterocycles. The average molecular weight is 326 g/mol. The molecule has 5 heteroatoms. The minimum atomic E-state index is -4.08. The van der Waals surface area contributed by atoms with Gasteiger partial charge in [0.2, 0.25) is 0 Å². The second-order valence-corrected chi connectivity index (χ2v) is 6.97. The molecule has 0 fully saturated rings. The molecule has 3 nitrogen and oxygen atoms in total. The predicted octanol–water partition coefficient (Wildman–Crippen LogP) is 1.79. The summed E-state index contributed by atoms with van der Waals surface area (Å²) in [7, 11) is -4.08. The molecule has 0 spiro atoms. The van der Waals surface area contributed by atoms with Gasteiger partial charge in [-0.3, -0.25) is 0 Å². The fourth-order valence-electron chi connectivity index (χ4n) is 2.23. The van der Waals surface area contributed by atoms with Crippen molar-refractivity contribution < 1.29 is 42.5 Å². The topological polar surface area (TPSA) is 57.2 Å². The molecule has 0 aliphatic rings. The normalized spacial score (nSPS) is 11.7. The third kappa shape index (κ3) is 23.1. The summed E-state index contributed by atoms with van der Waals surface area (Å²) in [6.07, 6.45) is 18.6. The predicted molar refractivity (Wildman–Crippen MR) is 84.8 cm³/mol. The van der Waals surface area contributed by atoms with Crippen LogP contribution in [0.2, 0.25) is 0 Å². The van der Waals surface area contributed by atoms with Crippen LogP contribution in [0.1, 0.15) is 84.0 Å². The van der Waals surface area contributed by atoms with Crippen molar-refractivity contribution in [2.75, 3.05) is 5.75 Å². The van der Waals surface area contributed by atoms with E-state index >= 15 is 0 Å². The Kier molecular flexibility index (Phi) is 19.4. The molecule has 0 amide bonds. The summed E-state index contributed by atoms with van der Waals surface area (Å²) in [5.41, 5.74) is 0. The fraction of sp³-hybridized carbons (Fsp3) is 0.875. The van der Waals surface area contributed by atoms with Crippen molar-refractivity contribution in [3.63, 3.8) is 0 Å². The molecule has 0 unspecified atom stereocenters. The molecule has 0 bridgehead atoms. The van der Waals surface area contributed by atoms with Crippen molar-refractivity contribution >= 4 is 10.1 Å². The molecule has 0 heterocycles. The van der Waals surface area contributed by atoms with E-state index in [1.165, 1.54) is 70.3 Å². The van der Waals surface area contributed by atoms with E-state index < -0.39 is 10.1 Å². The molecule has 0 aromatic carbocycles. The van der Waals surface area contributed by atoms with Gasteiger partial charge in [0.05, 0.1) is 15.9 Å². The zero-order valence-corrected chi connectivity index (χ0v) is 16.8. The molecule has 0 rings (SSSR count). The molecular formula is C16H31NaO3S. The number of hydrogen-bond donors (Lipinski definition) is 0. The van der Waals surface area contributed by atoms with Crippen LogP contribution in [0.4, 0.5) is 0 Å². The summed E-state index contributed by atoms with van der Waals surface area (Å²) in [5.74, 6) is -0.370. The molecule has 21 heavy (non-hydrogen) atoms. The Labute approximate surface area is 154 Å². The first-order valence-corrected chi connectivity index (χ1v) is 9.72. The van der Waals surface area contributed by atoms with Crippen LogP contribution in [0.3, 0.4) is 0 Å². The van der Waals surface area contributed by atoms with Crippen molar-refractivity contribution in [3.8, 4) is 0 Å². The van der Waals surface area contributed by atoms with E-state index in [2.05, 4.69) is 6.92 Å². The molecule has 0 aromatic rings. The second kappa shape index (κ2) is 17.0. The number of rotatable bonds is 14. The standard InChI is InChI=1S/C16H32O3S.Na/c1-2-3-4-5-6-7-8-9-10-11-12-13-14-15-16-20(17,18)19;/h14-15H,2-13,16H2,1H3,(H,17,18,19);/q;+1/p-1/b15-14+;. The van der Waals surface area contributed by atoms with Gasteiger partial charge in [-0.2, -0.15) is 0 Å². The van der Waals surface area contributed by atoms with Crippen molar-refractivity contribution in [2.24, 2.45) is 0 Å². The molecular weight excluding hydrogens is 295 g/mol. The van der Waals surface area contributed by atoms with Crippen LogP contribution in [0.5, 0.6) is 0 Å². The summed E-state index contributed by atoms with van der Waals surface area (Å²) < 4.78 is 31.0. The maximum Gasteiger partial charge on any atom is 1.00 e. The summed E-state index contributed by atoms with van der Waals surface area (Å²) in [4.78, 5) is 0. The maximum absolute atomic E-state index is 10.3. The molecule has 0 aliphatic heterocycles. The van der Waals surface area contributed by atoms with Gasteiger partial charge in [-0.15, -0.1) is 0 Å². The molecule has 0 saturated carbocycles. The van der Waals surface area contributed by atoms with Crippen LogP contribution in [0.25, 0.3) is 0 Å². The Morgan fingerprint density at radius 2 is 1.19 bits per heavy atom. The molecule has 0 atom stereocenters. The minimum absolute atomic E-state index is 0. The molecule has 0 aliphatic carbocycles. The third-order valence-electron chi connectivity index (χ3n) is 3.44. The van der Waals surface area contributed by atoms with Crippen molar-refractivity contribution in [3.05, 3.63) is 12.2 Å². The SMILES string of the molecule is CCCCCCCCCCCCC/C=C/CS(=O)(=O)[O-].[Na+]. The van der Waals surface area contributed by atoms with E-state index in [0.717, 1.165) is 12.8 Å². The van der Waals surface area contributed by atoms with Gasteiger partial charge in [-0.1, -0.05) is 83.3 Å². The smallest absolute Gasteiger partial charge is 0.748 e. The van der Waals surface area contributed by atoms with Gasteiger partial charge in [0.1, 0.15) is 0 Å². The van der Waals surface area contributed by atoms with Crippen molar-refractivity contribution in [2.45, 2.75) is 84.0 Å². The van der Waals surface area contributed by atoms with Gasteiger partial charge in [0.15, 0.2) is 0 Å². The van der Waals surface area contributed by atoms with Crippen molar-refractivity contribution in [1.82, 2.24) is 0 Å². The maximum atomic E-state index is 10.3. The Balaban J connectivity index is 0. The van der Waals surface area contributed by atoms with Crippen LogP contribution < -0.4 is 29.6 Å². The zero-order chi connectivity index (χ0) is 15.1. The summed E-state index contributed by atoms with van der Waals surface area (Å²) >= 11 is 0. The van der Waals surface area contributed by atoms with Crippen molar-refractivity contribution in [1.29, 1.82) is 0 Å². The first-order chi connectivity index (χ1) is 9.56. The van der Waals surface area contributed by atoms with Crippen LogP contribution in [-0.2, 0) is 10.1 Å². The Morgan fingerprint density at radius 3 is 1.62 bits per heavy atom. The molecule has 0 N–H and O–H groups in total.